The van der Waals surface area contributed by atoms with E-state index >= 15 is 0 Å². The maximum Gasteiger partial charge on any atom is 0.256 e. The minimum absolute atomic E-state index is 0.138. The molecule has 0 N–H and O–H groups in total. The highest BCUT2D eigenvalue weighted by atomic mass is 79.9. The molecule has 0 unspecified atom stereocenters. The van der Waals surface area contributed by atoms with Gasteiger partial charge in [-0.05, 0) is 40.9 Å². The minimum Gasteiger partial charge on any atom is -0.339 e. The minimum atomic E-state index is -0.477. The van der Waals surface area contributed by atoms with Crippen LogP contribution in [0.4, 0.5) is 4.39 Å². The van der Waals surface area contributed by atoms with E-state index in [1.165, 1.54) is 6.07 Å². The number of hydrogen-bond acceptors (Lipinski definition) is 1. The molecular weight excluding hydrogens is 261 g/mol. The van der Waals surface area contributed by atoms with E-state index in [9.17, 15) is 9.18 Å². The van der Waals surface area contributed by atoms with Gasteiger partial charge in [-0.2, -0.15) is 0 Å². The van der Waals surface area contributed by atoms with Gasteiger partial charge in [-0.3, -0.25) is 4.79 Å². The first-order valence-corrected chi connectivity index (χ1v) is 5.61. The predicted molar refractivity (Wildman–Crippen MR) is 59.2 cm³/mol. The number of rotatable bonds is 2. The fraction of sp³-hybridized carbons (Fsp3) is 0.364. The lowest BCUT2D eigenvalue weighted by atomic mass is 10.2. The van der Waals surface area contributed by atoms with E-state index in [1.54, 1.807) is 24.1 Å². The highest BCUT2D eigenvalue weighted by Crippen LogP contribution is 2.28. The highest BCUT2D eigenvalue weighted by molar-refractivity contribution is 9.10. The molecule has 0 bridgehead atoms. The largest absolute Gasteiger partial charge is 0.339 e. The van der Waals surface area contributed by atoms with Crippen LogP contribution in [0.15, 0.2) is 22.7 Å². The summed E-state index contributed by atoms with van der Waals surface area (Å²) in [4.78, 5) is 13.5. The monoisotopic (exact) mass is 271 g/mol. The maximum atomic E-state index is 13.6. The summed E-state index contributed by atoms with van der Waals surface area (Å²) in [6.45, 7) is 0. The van der Waals surface area contributed by atoms with Crippen LogP contribution in [-0.2, 0) is 0 Å². The molecule has 4 heteroatoms. The summed E-state index contributed by atoms with van der Waals surface area (Å²) in [5.74, 6) is -0.716. The molecule has 1 aliphatic rings. The number of hydrogen-bond donors (Lipinski definition) is 0. The first kappa shape index (κ1) is 10.6. The molecule has 80 valence electrons. The van der Waals surface area contributed by atoms with Crippen LogP contribution in [0.1, 0.15) is 23.2 Å². The fourth-order valence-electron chi connectivity index (χ4n) is 1.49. The lowest BCUT2D eigenvalue weighted by molar-refractivity contribution is 0.0780. The Bertz CT molecular complexity index is 404. The van der Waals surface area contributed by atoms with Crippen molar-refractivity contribution in [2.75, 3.05) is 7.05 Å². The van der Waals surface area contributed by atoms with Crippen molar-refractivity contribution in [3.05, 3.63) is 34.1 Å². The molecule has 0 heterocycles. The zero-order chi connectivity index (χ0) is 11.0. The van der Waals surface area contributed by atoms with Crippen molar-refractivity contribution in [2.45, 2.75) is 18.9 Å². The van der Waals surface area contributed by atoms with Gasteiger partial charge in [0.05, 0.1) is 10.0 Å². The van der Waals surface area contributed by atoms with Gasteiger partial charge in [-0.25, -0.2) is 4.39 Å². The Morgan fingerprint density at radius 2 is 2.20 bits per heavy atom. The molecule has 0 radical (unpaired) electrons. The molecule has 1 aromatic carbocycles. The molecule has 0 aliphatic heterocycles. The molecular formula is C11H11BrFNO. The summed E-state index contributed by atoms with van der Waals surface area (Å²) in [6.07, 6.45) is 2.05. The predicted octanol–water partition coefficient (Wildman–Crippen LogP) is 2.82. The summed E-state index contributed by atoms with van der Waals surface area (Å²) in [5.41, 5.74) is 0.138. The average molecular weight is 272 g/mol. The smallest absolute Gasteiger partial charge is 0.256 e. The third kappa shape index (κ3) is 2.04. The van der Waals surface area contributed by atoms with E-state index in [2.05, 4.69) is 15.9 Å². The van der Waals surface area contributed by atoms with Crippen LogP contribution in [0, 0.1) is 5.82 Å². The third-order valence-electron chi connectivity index (χ3n) is 2.60. The molecule has 0 aromatic heterocycles. The summed E-state index contributed by atoms with van der Waals surface area (Å²) >= 11 is 3.07. The van der Waals surface area contributed by atoms with Gasteiger partial charge in [-0.1, -0.05) is 6.07 Å². The van der Waals surface area contributed by atoms with Crippen LogP contribution in [0.2, 0.25) is 0 Å². The Hall–Kier alpha value is -0.900. The van der Waals surface area contributed by atoms with Gasteiger partial charge in [0.1, 0.15) is 5.82 Å². The molecule has 0 atom stereocenters. The molecule has 0 saturated heterocycles. The Morgan fingerprint density at radius 3 is 2.80 bits per heavy atom. The topological polar surface area (TPSA) is 20.3 Å². The number of carbonyl (C=O) groups excluding carboxylic acids is 1. The number of carbonyl (C=O) groups is 1. The van der Waals surface area contributed by atoms with Crippen LogP contribution >= 0.6 is 15.9 Å². The second-order valence-electron chi connectivity index (χ2n) is 3.75. The van der Waals surface area contributed by atoms with Crippen LogP contribution in [-0.4, -0.2) is 23.9 Å². The SMILES string of the molecule is CN(C(=O)c1cccc(Br)c1F)C1CC1. The summed E-state index contributed by atoms with van der Waals surface area (Å²) < 4.78 is 13.9. The second kappa shape index (κ2) is 3.93. The van der Waals surface area contributed by atoms with Crippen LogP contribution < -0.4 is 0 Å². The van der Waals surface area contributed by atoms with Crippen molar-refractivity contribution in [1.82, 2.24) is 4.90 Å². The Morgan fingerprint density at radius 1 is 1.53 bits per heavy atom. The van der Waals surface area contributed by atoms with Crippen molar-refractivity contribution >= 4 is 21.8 Å². The molecule has 1 saturated carbocycles. The second-order valence-corrected chi connectivity index (χ2v) is 4.60. The summed E-state index contributed by atoms with van der Waals surface area (Å²) in [7, 11) is 1.72. The maximum absolute atomic E-state index is 13.6. The van der Waals surface area contributed by atoms with Crippen LogP contribution in [0.5, 0.6) is 0 Å². The zero-order valence-corrected chi connectivity index (χ0v) is 9.92. The summed E-state index contributed by atoms with van der Waals surface area (Å²) in [5, 5.41) is 0. The molecule has 2 rings (SSSR count). The van der Waals surface area contributed by atoms with Crippen molar-refractivity contribution < 1.29 is 9.18 Å². The number of amides is 1. The van der Waals surface area contributed by atoms with Gasteiger partial charge in [0.25, 0.3) is 5.91 Å². The molecule has 15 heavy (non-hydrogen) atoms. The first-order valence-electron chi connectivity index (χ1n) is 4.82. The molecule has 1 aromatic rings. The van der Waals surface area contributed by atoms with Crippen LogP contribution in [0.3, 0.4) is 0 Å². The number of benzene rings is 1. The third-order valence-corrected chi connectivity index (χ3v) is 3.21. The van der Waals surface area contributed by atoms with Crippen molar-refractivity contribution in [3.8, 4) is 0 Å². The zero-order valence-electron chi connectivity index (χ0n) is 8.34. The van der Waals surface area contributed by atoms with Crippen molar-refractivity contribution in [3.63, 3.8) is 0 Å². The Balaban J connectivity index is 2.28. The number of halogens is 2. The molecule has 2 nitrogen and oxygen atoms in total. The molecule has 0 spiro atoms. The summed E-state index contributed by atoms with van der Waals surface area (Å²) in [6, 6.07) is 5.07. The van der Waals surface area contributed by atoms with Gasteiger partial charge in [0, 0.05) is 13.1 Å². The fourth-order valence-corrected chi connectivity index (χ4v) is 1.85. The van der Waals surface area contributed by atoms with Crippen molar-refractivity contribution in [2.24, 2.45) is 0 Å². The Kier molecular flexibility index (Phi) is 2.78. The lowest BCUT2D eigenvalue weighted by Crippen LogP contribution is -2.29. The van der Waals surface area contributed by atoms with Crippen molar-refractivity contribution in [1.29, 1.82) is 0 Å². The molecule has 1 amide bonds. The van der Waals surface area contributed by atoms with E-state index in [-0.39, 0.29) is 11.5 Å². The van der Waals surface area contributed by atoms with Gasteiger partial charge in [0.15, 0.2) is 0 Å². The van der Waals surface area contributed by atoms with E-state index in [1.807, 2.05) is 0 Å². The molecule has 1 fully saturated rings. The van der Waals surface area contributed by atoms with E-state index < -0.39 is 5.82 Å². The standard InChI is InChI=1S/C11H11BrFNO/c1-14(7-5-6-7)11(15)8-3-2-4-9(12)10(8)13/h2-4,7H,5-6H2,1H3. The van der Waals surface area contributed by atoms with E-state index in [0.717, 1.165) is 12.8 Å². The number of nitrogens with zero attached hydrogens (tertiary/aromatic N) is 1. The van der Waals surface area contributed by atoms with Gasteiger partial charge in [-0.15, -0.1) is 0 Å². The Labute approximate surface area is 96.2 Å². The van der Waals surface area contributed by atoms with Gasteiger partial charge >= 0.3 is 0 Å². The first-order chi connectivity index (χ1) is 7.11. The lowest BCUT2D eigenvalue weighted by Gasteiger charge is -2.16. The normalized spacial score (nSPS) is 15.1. The quantitative estimate of drug-likeness (QED) is 0.810. The van der Waals surface area contributed by atoms with Crippen LogP contribution in [0.25, 0.3) is 0 Å². The van der Waals surface area contributed by atoms with Gasteiger partial charge < -0.3 is 4.90 Å². The molecule has 1 aliphatic carbocycles. The average Bonchev–Trinajstić information content (AvgIpc) is 3.03. The van der Waals surface area contributed by atoms with Gasteiger partial charge in [0.2, 0.25) is 0 Å². The van der Waals surface area contributed by atoms with E-state index in [0.29, 0.717) is 10.5 Å². The van der Waals surface area contributed by atoms with E-state index in [4.69, 9.17) is 0 Å². The highest BCUT2D eigenvalue weighted by Gasteiger charge is 2.31.